The van der Waals surface area contributed by atoms with Crippen molar-refractivity contribution < 1.29 is 9.72 Å². The molecule has 2 aromatic carbocycles. The monoisotopic (exact) mass is 449 g/mol. The van der Waals surface area contributed by atoms with Gasteiger partial charge in [-0.2, -0.15) is 0 Å². The van der Waals surface area contributed by atoms with Crippen molar-refractivity contribution in [3.63, 3.8) is 0 Å². The quantitative estimate of drug-likeness (QED) is 0.290. The highest BCUT2D eigenvalue weighted by atomic mass is 35.5. The molecule has 0 aliphatic heterocycles. The summed E-state index contributed by atoms with van der Waals surface area (Å²) in [5.74, 6) is -0.198. The number of nitro benzene ring substituents is 1. The van der Waals surface area contributed by atoms with E-state index in [2.05, 4.69) is 20.8 Å². The third kappa shape index (κ3) is 5.43. The lowest BCUT2D eigenvalue weighted by Crippen LogP contribution is -2.14. The van der Waals surface area contributed by atoms with Crippen molar-refractivity contribution in [1.82, 2.24) is 10.2 Å². The van der Waals surface area contributed by atoms with E-state index in [1.807, 2.05) is 32.0 Å². The molecule has 11 heteroatoms. The van der Waals surface area contributed by atoms with Gasteiger partial charge in [0.2, 0.25) is 11.0 Å². The van der Waals surface area contributed by atoms with Gasteiger partial charge < -0.3 is 10.6 Å². The molecule has 1 aromatic heterocycles. The molecule has 3 aromatic rings. The molecular weight excluding hydrogens is 434 g/mol. The minimum absolute atomic E-state index is 0.103. The van der Waals surface area contributed by atoms with Crippen LogP contribution in [0.15, 0.2) is 40.7 Å². The number of anilines is 3. The number of halogens is 1. The van der Waals surface area contributed by atoms with Crippen LogP contribution < -0.4 is 10.6 Å². The molecular formula is C18H16ClN5O3S2. The van der Waals surface area contributed by atoms with Crippen LogP contribution in [0.4, 0.5) is 22.2 Å². The highest BCUT2D eigenvalue weighted by Gasteiger charge is 2.13. The van der Waals surface area contributed by atoms with Gasteiger partial charge in [-0.05, 0) is 37.1 Å². The lowest BCUT2D eigenvalue weighted by atomic mass is 10.1. The van der Waals surface area contributed by atoms with Crippen LogP contribution in [-0.2, 0) is 4.79 Å². The summed E-state index contributed by atoms with van der Waals surface area (Å²) in [4.78, 5) is 22.3. The van der Waals surface area contributed by atoms with E-state index in [0.29, 0.717) is 15.2 Å². The van der Waals surface area contributed by atoms with Crippen LogP contribution in [0.5, 0.6) is 0 Å². The largest absolute Gasteiger partial charge is 0.330 e. The molecule has 8 nitrogen and oxygen atoms in total. The second-order valence-corrected chi connectivity index (χ2v) is 8.61. The average molecular weight is 450 g/mol. The van der Waals surface area contributed by atoms with E-state index < -0.39 is 4.92 Å². The Morgan fingerprint density at radius 3 is 2.76 bits per heavy atom. The number of carbonyl (C=O) groups excluding carboxylic acids is 1. The number of nitro groups is 1. The lowest BCUT2D eigenvalue weighted by Gasteiger charge is -2.08. The maximum absolute atomic E-state index is 12.2. The maximum atomic E-state index is 12.2. The number of amides is 1. The van der Waals surface area contributed by atoms with Crippen molar-refractivity contribution in [3.05, 3.63) is 62.7 Å². The van der Waals surface area contributed by atoms with Crippen LogP contribution in [0, 0.1) is 24.0 Å². The summed E-state index contributed by atoms with van der Waals surface area (Å²) in [6.07, 6.45) is 0. The number of thioether (sulfide) groups is 1. The number of benzene rings is 2. The fourth-order valence-corrected chi connectivity index (χ4v) is 4.14. The Hall–Kier alpha value is -2.69. The minimum atomic E-state index is -0.549. The third-order valence-electron chi connectivity index (χ3n) is 4.02. The molecule has 3 rings (SSSR count). The van der Waals surface area contributed by atoms with Crippen LogP contribution in [0.2, 0.25) is 5.02 Å². The smallest absolute Gasteiger partial charge is 0.271 e. The Morgan fingerprint density at radius 2 is 2.03 bits per heavy atom. The summed E-state index contributed by atoms with van der Waals surface area (Å²) in [6.45, 7) is 4.07. The molecule has 0 aliphatic rings. The molecule has 0 spiro atoms. The van der Waals surface area contributed by atoms with Gasteiger partial charge in [0, 0.05) is 17.8 Å². The van der Waals surface area contributed by atoms with E-state index in [1.165, 1.54) is 46.9 Å². The van der Waals surface area contributed by atoms with Gasteiger partial charge in [-0.15, -0.1) is 10.2 Å². The Kier molecular flexibility index (Phi) is 6.68. The number of hydrogen-bond donors (Lipinski definition) is 2. The molecule has 0 saturated carbocycles. The Bertz CT molecular complexity index is 1070. The van der Waals surface area contributed by atoms with Crippen LogP contribution in [0.1, 0.15) is 11.1 Å². The van der Waals surface area contributed by atoms with E-state index >= 15 is 0 Å². The predicted octanol–water partition coefficient (Wildman–Crippen LogP) is 5.19. The van der Waals surface area contributed by atoms with Crippen molar-refractivity contribution >= 4 is 62.8 Å². The number of aryl methyl sites for hydroxylation is 1. The second-order valence-electron chi connectivity index (χ2n) is 6.00. The Balaban J connectivity index is 1.56. The summed E-state index contributed by atoms with van der Waals surface area (Å²) in [5.41, 5.74) is 3.45. The van der Waals surface area contributed by atoms with Crippen molar-refractivity contribution in [2.75, 3.05) is 16.4 Å². The highest BCUT2D eigenvalue weighted by molar-refractivity contribution is 8.01. The lowest BCUT2D eigenvalue weighted by molar-refractivity contribution is -0.384. The van der Waals surface area contributed by atoms with Gasteiger partial charge in [0.1, 0.15) is 0 Å². The van der Waals surface area contributed by atoms with Gasteiger partial charge in [0.15, 0.2) is 4.34 Å². The highest BCUT2D eigenvalue weighted by Crippen LogP contribution is 2.30. The van der Waals surface area contributed by atoms with Crippen LogP contribution in [0.3, 0.4) is 0 Å². The maximum Gasteiger partial charge on any atom is 0.271 e. The van der Waals surface area contributed by atoms with E-state index in [9.17, 15) is 14.9 Å². The summed E-state index contributed by atoms with van der Waals surface area (Å²) in [6, 6.07) is 9.86. The first kappa shape index (κ1) is 21.0. The van der Waals surface area contributed by atoms with Gasteiger partial charge >= 0.3 is 0 Å². The zero-order valence-electron chi connectivity index (χ0n) is 15.4. The van der Waals surface area contributed by atoms with Crippen LogP contribution in [0.25, 0.3) is 0 Å². The number of nitrogens with one attached hydrogen (secondary N) is 2. The number of aromatic nitrogens is 2. The Morgan fingerprint density at radius 1 is 1.24 bits per heavy atom. The van der Waals surface area contributed by atoms with Gasteiger partial charge in [-0.1, -0.05) is 46.8 Å². The topological polar surface area (TPSA) is 110 Å². The van der Waals surface area contributed by atoms with E-state index in [4.69, 9.17) is 11.6 Å². The van der Waals surface area contributed by atoms with Gasteiger partial charge in [-0.3, -0.25) is 14.9 Å². The molecule has 0 aliphatic carbocycles. The molecule has 1 heterocycles. The standard InChI is InChI=1S/C18H16ClN5O3S2/c1-10-4-3-5-14(11(10)2)21-17-22-23-18(29-17)28-9-16(25)20-15-7-6-12(24(26)27)8-13(15)19/h3-8H,9H2,1-2H3,(H,20,25)(H,21,22). The van der Waals surface area contributed by atoms with Crippen molar-refractivity contribution in [3.8, 4) is 0 Å². The van der Waals surface area contributed by atoms with Crippen molar-refractivity contribution in [2.45, 2.75) is 18.2 Å². The number of hydrogen-bond acceptors (Lipinski definition) is 8. The summed E-state index contributed by atoms with van der Waals surface area (Å²) < 4.78 is 0.641. The SMILES string of the molecule is Cc1cccc(Nc2nnc(SCC(=O)Nc3ccc([N+](=O)[O-])cc3Cl)s2)c1C. The number of non-ortho nitro benzene ring substituents is 1. The molecule has 0 unspecified atom stereocenters. The van der Waals surface area contributed by atoms with Crippen LogP contribution >= 0.6 is 34.7 Å². The van der Waals surface area contributed by atoms with E-state index in [1.54, 1.807) is 0 Å². The zero-order chi connectivity index (χ0) is 21.0. The minimum Gasteiger partial charge on any atom is -0.330 e. The Labute approximate surface area is 179 Å². The van der Waals surface area contributed by atoms with E-state index in [-0.39, 0.29) is 22.4 Å². The molecule has 0 saturated heterocycles. The second kappa shape index (κ2) is 9.21. The average Bonchev–Trinajstić information content (AvgIpc) is 3.13. The number of carbonyl (C=O) groups is 1. The summed E-state index contributed by atoms with van der Waals surface area (Å²) in [5, 5.41) is 25.5. The normalized spacial score (nSPS) is 10.6. The van der Waals surface area contributed by atoms with E-state index in [0.717, 1.165) is 11.3 Å². The number of rotatable bonds is 7. The first-order valence-corrected chi connectivity index (χ1v) is 10.5. The predicted molar refractivity (Wildman–Crippen MR) is 117 cm³/mol. The van der Waals surface area contributed by atoms with Gasteiger partial charge in [0.05, 0.1) is 21.4 Å². The first-order chi connectivity index (χ1) is 13.8. The van der Waals surface area contributed by atoms with Gasteiger partial charge in [-0.25, -0.2) is 0 Å². The third-order valence-corrected chi connectivity index (χ3v) is 6.30. The molecule has 29 heavy (non-hydrogen) atoms. The zero-order valence-corrected chi connectivity index (χ0v) is 17.8. The molecule has 1 amide bonds. The fraction of sp³-hybridized carbons (Fsp3) is 0.167. The van der Waals surface area contributed by atoms with Crippen molar-refractivity contribution in [1.29, 1.82) is 0 Å². The molecule has 150 valence electrons. The number of nitrogens with zero attached hydrogens (tertiary/aromatic N) is 3. The fourth-order valence-electron chi connectivity index (χ4n) is 2.35. The molecule has 2 N–H and O–H groups in total. The molecule has 0 bridgehead atoms. The molecule has 0 radical (unpaired) electrons. The van der Waals surface area contributed by atoms with Crippen molar-refractivity contribution in [2.24, 2.45) is 0 Å². The molecule has 0 fully saturated rings. The summed E-state index contributed by atoms with van der Waals surface area (Å²) in [7, 11) is 0. The van der Waals surface area contributed by atoms with Crippen LogP contribution in [-0.4, -0.2) is 26.8 Å². The first-order valence-electron chi connectivity index (χ1n) is 8.37. The van der Waals surface area contributed by atoms with Gasteiger partial charge in [0.25, 0.3) is 5.69 Å². The summed E-state index contributed by atoms with van der Waals surface area (Å²) >= 11 is 8.57. The molecule has 0 atom stereocenters.